The van der Waals surface area contributed by atoms with Gasteiger partial charge in [0.1, 0.15) is 0 Å². The first-order valence-corrected chi connectivity index (χ1v) is 9.94. The molecule has 1 aliphatic rings. The molecule has 4 heteroatoms. The summed E-state index contributed by atoms with van der Waals surface area (Å²) in [7, 11) is 0. The summed E-state index contributed by atoms with van der Waals surface area (Å²) in [4.78, 5) is 15.0. The van der Waals surface area contributed by atoms with Crippen molar-refractivity contribution in [2.75, 3.05) is 18.4 Å². The van der Waals surface area contributed by atoms with Crippen LogP contribution in [0.25, 0.3) is 0 Å². The van der Waals surface area contributed by atoms with Gasteiger partial charge in [-0.1, -0.05) is 29.8 Å². The van der Waals surface area contributed by atoms with Crippen LogP contribution in [0, 0.1) is 23.3 Å². The number of nitrogens with zero attached hydrogens (tertiary/aromatic N) is 1. The van der Waals surface area contributed by atoms with Crippen molar-refractivity contribution in [1.29, 1.82) is 0 Å². The number of aryl methyl sites for hydroxylation is 2. The molecule has 1 heterocycles. The number of amides is 1. The average molecular weight is 448 g/mol. The molecule has 132 valence electrons. The Kier molecular flexibility index (Phi) is 6.12. The smallest absolute Gasteiger partial charge is 0.227 e. The molecule has 2 aromatic rings. The summed E-state index contributed by atoms with van der Waals surface area (Å²) in [5.74, 6) is 0.284. The van der Waals surface area contributed by atoms with Crippen molar-refractivity contribution in [3.8, 4) is 0 Å². The molecular weight excluding hydrogens is 423 g/mol. The third-order valence-electron chi connectivity index (χ3n) is 4.89. The Bertz CT molecular complexity index is 751. The monoisotopic (exact) mass is 448 g/mol. The molecule has 0 unspecified atom stereocenters. The molecule has 0 radical (unpaired) electrons. The number of hydrogen-bond acceptors (Lipinski definition) is 2. The third-order valence-corrected chi connectivity index (χ3v) is 5.56. The highest BCUT2D eigenvalue weighted by atomic mass is 127. The first-order chi connectivity index (χ1) is 12.0. The number of carbonyl (C=O) groups excluding carboxylic acids is 1. The van der Waals surface area contributed by atoms with Crippen molar-refractivity contribution < 1.29 is 4.79 Å². The Morgan fingerprint density at radius 2 is 1.92 bits per heavy atom. The Balaban J connectivity index is 1.52. The number of rotatable bonds is 4. The van der Waals surface area contributed by atoms with Gasteiger partial charge in [-0.25, -0.2) is 0 Å². The number of piperidine rings is 1. The largest absolute Gasteiger partial charge is 0.326 e. The van der Waals surface area contributed by atoms with Gasteiger partial charge >= 0.3 is 0 Å². The summed E-state index contributed by atoms with van der Waals surface area (Å²) < 4.78 is 1.19. The molecule has 0 aromatic heterocycles. The standard InChI is InChI=1S/C21H25IN2O/c1-15-4-3-5-17(12-15)14-24-10-8-18(9-11-24)21(25)23-20-7-6-19(22)13-16(20)2/h3-7,12-13,18H,8-11,14H2,1-2H3,(H,23,25). The summed E-state index contributed by atoms with van der Waals surface area (Å²) in [6, 6.07) is 14.8. The molecule has 3 rings (SSSR count). The quantitative estimate of drug-likeness (QED) is 0.685. The molecule has 1 saturated heterocycles. The maximum absolute atomic E-state index is 12.6. The molecule has 0 spiro atoms. The van der Waals surface area contributed by atoms with Crippen molar-refractivity contribution in [3.63, 3.8) is 0 Å². The number of benzene rings is 2. The van der Waals surface area contributed by atoms with Crippen LogP contribution in [-0.2, 0) is 11.3 Å². The number of halogens is 1. The molecule has 0 saturated carbocycles. The third kappa shape index (κ3) is 5.05. The maximum atomic E-state index is 12.6. The van der Waals surface area contributed by atoms with E-state index in [0.717, 1.165) is 43.7 Å². The number of nitrogens with one attached hydrogen (secondary N) is 1. The molecular formula is C21H25IN2O. The van der Waals surface area contributed by atoms with E-state index in [-0.39, 0.29) is 11.8 Å². The van der Waals surface area contributed by atoms with Crippen LogP contribution in [0.15, 0.2) is 42.5 Å². The zero-order valence-corrected chi connectivity index (χ0v) is 17.0. The predicted molar refractivity (Wildman–Crippen MR) is 112 cm³/mol. The van der Waals surface area contributed by atoms with Crippen molar-refractivity contribution in [2.24, 2.45) is 5.92 Å². The van der Waals surface area contributed by atoms with Gasteiger partial charge in [0.2, 0.25) is 5.91 Å². The van der Waals surface area contributed by atoms with E-state index in [1.54, 1.807) is 0 Å². The van der Waals surface area contributed by atoms with E-state index in [9.17, 15) is 4.79 Å². The Morgan fingerprint density at radius 3 is 2.60 bits per heavy atom. The zero-order chi connectivity index (χ0) is 17.8. The number of carbonyl (C=O) groups is 1. The van der Waals surface area contributed by atoms with E-state index in [0.29, 0.717) is 0 Å². The molecule has 0 bridgehead atoms. The Labute approximate surface area is 164 Å². The minimum absolute atomic E-state index is 0.118. The normalized spacial score (nSPS) is 16.0. The van der Waals surface area contributed by atoms with Gasteiger partial charge in [0.25, 0.3) is 0 Å². The van der Waals surface area contributed by atoms with Crippen LogP contribution in [0.4, 0.5) is 5.69 Å². The lowest BCUT2D eigenvalue weighted by molar-refractivity contribution is -0.121. The minimum atomic E-state index is 0.118. The van der Waals surface area contributed by atoms with Crippen LogP contribution in [0.5, 0.6) is 0 Å². The molecule has 1 amide bonds. The average Bonchev–Trinajstić information content (AvgIpc) is 2.58. The molecule has 1 aliphatic heterocycles. The van der Waals surface area contributed by atoms with Gasteiger partial charge in [0, 0.05) is 21.7 Å². The number of likely N-dealkylation sites (tertiary alicyclic amines) is 1. The van der Waals surface area contributed by atoms with Crippen molar-refractivity contribution in [3.05, 3.63) is 62.7 Å². The summed E-state index contributed by atoms with van der Waals surface area (Å²) in [5, 5.41) is 3.12. The van der Waals surface area contributed by atoms with Gasteiger partial charge in [-0.05, 0) is 91.7 Å². The van der Waals surface area contributed by atoms with E-state index in [4.69, 9.17) is 0 Å². The zero-order valence-electron chi connectivity index (χ0n) is 14.9. The Morgan fingerprint density at radius 1 is 1.16 bits per heavy atom. The molecule has 2 aromatic carbocycles. The topological polar surface area (TPSA) is 32.3 Å². The fraction of sp³-hybridized carbons (Fsp3) is 0.381. The van der Waals surface area contributed by atoms with Crippen molar-refractivity contribution >= 4 is 34.2 Å². The van der Waals surface area contributed by atoms with Gasteiger partial charge in [-0.2, -0.15) is 0 Å². The van der Waals surface area contributed by atoms with Gasteiger partial charge < -0.3 is 5.32 Å². The van der Waals surface area contributed by atoms with E-state index in [2.05, 4.69) is 70.1 Å². The van der Waals surface area contributed by atoms with Gasteiger partial charge in [0.15, 0.2) is 0 Å². The van der Waals surface area contributed by atoms with Crippen molar-refractivity contribution in [1.82, 2.24) is 4.90 Å². The first-order valence-electron chi connectivity index (χ1n) is 8.86. The fourth-order valence-electron chi connectivity index (χ4n) is 3.42. The highest BCUT2D eigenvalue weighted by molar-refractivity contribution is 14.1. The molecule has 1 fully saturated rings. The van der Waals surface area contributed by atoms with E-state index >= 15 is 0 Å². The van der Waals surface area contributed by atoms with E-state index in [1.807, 2.05) is 19.1 Å². The van der Waals surface area contributed by atoms with Crippen LogP contribution in [0.2, 0.25) is 0 Å². The SMILES string of the molecule is Cc1cccc(CN2CCC(C(=O)Nc3ccc(I)cc3C)CC2)c1. The second-order valence-corrected chi connectivity index (χ2v) is 8.23. The minimum Gasteiger partial charge on any atom is -0.326 e. The van der Waals surface area contributed by atoms with E-state index in [1.165, 1.54) is 14.7 Å². The second-order valence-electron chi connectivity index (χ2n) is 6.99. The van der Waals surface area contributed by atoms with E-state index < -0.39 is 0 Å². The molecule has 25 heavy (non-hydrogen) atoms. The lowest BCUT2D eigenvalue weighted by Gasteiger charge is -2.31. The van der Waals surface area contributed by atoms with Crippen molar-refractivity contribution in [2.45, 2.75) is 33.2 Å². The van der Waals surface area contributed by atoms with Crippen LogP contribution in [0.1, 0.15) is 29.5 Å². The van der Waals surface area contributed by atoms with Crippen LogP contribution >= 0.6 is 22.6 Å². The Hall–Kier alpha value is -1.40. The second kappa shape index (κ2) is 8.32. The first kappa shape index (κ1) is 18.4. The summed E-state index contributed by atoms with van der Waals surface area (Å²) in [5.41, 5.74) is 4.72. The lowest BCUT2D eigenvalue weighted by atomic mass is 9.95. The van der Waals surface area contributed by atoms with Crippen LogP contribution in [-0.4, -0.2) is 23.9 Å². The molecule has 0 aliphatic carbocycles. The molecule has 1 N–H and O–H groups in total. The number of anilines is 1. The highest BCUT2D eigenvalue weighted by Gasteiger charge is 2.25. The highest BCUT2D eigenvalue weighted by Crippen LogP contribution is 2.23. The number of hydrogen-bond donors (Lipinski definition) is 1. The van der Waals surface area contributed by atoms with Crippen LogP contribution in [0.3, 0.4) is 0 Å². The van der Waals surface area contributed by atoms with Gasteiger partial charge in [0.05, 0.1) is 0 Å². The summed E-state index contributed by atoms with van der Waals surface area (Å²) in [6.07, 6.45) is 1.86. The fourth-order valence-corrected chi connectivity index (χ4v) is 4.07. The lowest BCUT2D eigenvalue weighted by Crippen LogP contribution is -2.37. The van der Waals surface area contributed by atoms with Gasteiger partial charge in [-0.3, -0.25) is 9.69 Å². The predicted octanol–water partition coefficient (Wildman–Crippen LogP) is 4.76. The van der Waals surface area contributed by atoms with Gasteiger partial charge in [-0.15, -0.1) is 0 Å². The molecule has 3 nitrogen and oxygen atoms in total. The molecule has 0 atom stereocenters. The van der Waals surface area contributed by atoms with Crippen LogP contribution < -0.4 is 5.32 Å². The summed E-state index contributed by atoms with van der Waals surface area (Å²) in [6.45, 7) is 7.12. The summed E-state index contributed by atoms with van der Waals surface area (Å²) >= 11 is 2.29. The maximum Gasteiger partial charge on any atom is 0.227 e.